The van der Waals surface area contributed by atoms with Crippen molar-refractivity contribution in [2.24, 2.45) is 11.1 Å². The fourth-order valence-corrected chi connectivity index (χ4v) is 2.36. The fraction of sp³-hybridized carbons (Fsp3) is 0.538. The Morgan fingerprint density at radius 3 is 3.11 bits per heavy atom. The van der Waals surface area contributed by atoms with Crippen molar-refractivity contribution >= 4 is 5.71 Å². The van der Waals surface area contributed by atoms with Gasteiger partial charge in [0.05, 0.1) is 12.8 Å². The Bertz CT molecular complexity index is 434. The molecule has 1 N–H and O–H groups in total. The van der Waals surface area contributed by atoms with E-state index in [0.29, 0.717) is 11.8 Å². The lowest BCUT2D eigenvalue weighted by Crippen LogP contribution is -2.39. The minimum Gasteiger partial charge on any atom is -0.481 e. The van der Waals surface area contributed by atoms with Crippen molar-refractivity contribution in [1.29, 1.82) is 0 Å². The maximum absolute atomic E-state index is 8.86. The van der Waals surface area contributed by atoms with Gasteiger partial charge in [0.2, 0.25) is 5.88 Å². The Hall–Kier alpha value is -1.62. The minimum atomic E-state index is 0.298. The van der Waals surface area contributed by atoms with Crippen molar-refractivity contribution in [2.45, 2.75) is 19.9 Å². The van der Waals surface area contributed by atoms with Gasteiger partial charge in [-0.05, 0) is 6.07 Å². The molecule has 5 nitrogen and oxygen atoms in total. The lowest BCUT2D eigenvalue weighted by atomic mass is 9.97. The normalized spacial score (nSPS) is 23.2. The highest BCUT2D eigenvalue weighted by Crippen LogP contribution is 2.20. The van der Waals surface area contributed by atoms with Crippen LogP contribution in [0.15, 0.2) is 23.5 Å². The first kappa shape index (κ1) is 12.8. The smallest absolute Gasteiger partial charge is 0.217 e. The molecule has 2 heterocycles. The summed E-state index contributed by atoms with van der Waals surface area (Å²) in [5.74, 6) is 0.984. The quantitative estimate of drug-likeness (QED) is 0.655. The van der Waals surface area contributed by atoms with Gasteiger partial charge in [0.1, 0.15) is 0 Å². The molecule has 0 saturated carbocycles. The van der Waals surface area contributed by atoms with Crippen molar-refractivity contribution in [1.82, 2.24) is 9.88 Å². The molecule has 18 heavy (non-hydrogen) atoms. The van der Waals surface area contributed by atoms with Crippen molar-refractivity contribution in [3.63, 3.8) is 0 Å². The highest BCUT2D eigenvalue weighted by molar-refractivity contribution is 5.86. The Kier molecular flexibility index (Phi) is 4.15. The van der Waals surface area contributed by atoms with Crippen molar-refractivity contribution in [3.8, 4) is 5.88 Å². The Morgan fingerprint density at radius 2 is 2.44 bits per heavy atom. The Labute approximate surface area is 107 Å². The summed E-state index contributed by atoms with van der Waals surface area (Å²) in [7, 11) is 1.64. The Balaban J connectivity index is 2.02. The summed E-state index contributed by atoms with van der Waals surface area (Å²) < 4.78 is 5.25. The lowest BCUT2D eigenvalue weighted by Gasteiger charge is -2.31. The zero-order chi connectivity index (χ0) is 13.0. The highest BCUT2D eigenvalue weighted by atomic mass is 16.5. The topological polar surface area (TPSA) is 58.0 Å². The van der Waals surface area contributed by atoms with E-state index in [1.54, 1.807) is 13.3 Å². The molecule has 1 saturated heterocycles. The first-order valence-electron chi connectivity index (χ1n) is 6.15. The summed E-state index contributed by atoms with van der Waals surface area (Å²) >= 11 is 0. The lowest BCUT2D eigenvalue weighted by molar-refractivity contribution is 0.225. The van der Waals surface area contributed by atoms with Crippen LogP contribution in [-0.2, 0) is 6.54 Å². The third-order valence-corrected chi connectivity index (χ3v) is 3.35. The van der Waals surface area contributed by atoms with Gasteiger partial charge >= 0.3 is 0 Å². The van der Waals surface area contributed by atoms with Gasteiger partial charge in [0.25, 0.3) is 0 Å². The van der Waals surface area contributed by atoms with Gasteiger partial charge in [-0.1, -0.05) is 18.1 Å². The van der Waals surface area contributed by atoms with Crippen LogP contribution in [-0.4, -0.2) is 41.0 Å². The van der Waals surface area contributed by atoms with Crippen LogP contribution in [0.5, 0.6) is 5.88 Å². The van der Waals surface area contributed by atoms with Crippen LogP contribution in [0.25, 0.3) is 0 Å². The average Bonchev–Trinajstić information content (AvgIpc) is 2.39. The van der Waals surface area contributed by atoms with E-state index in [1.807, 2.05) is 12.1 Å². The third kappa shape index (κ3) is 2.79. The maximum atomic E-state index is 8.86. The first-order valence-corrected chi connectivity index (χ1v) is 6.15. The third-order valence-electron chi connectivity index (χ3n) is 3.35. The number of oxime groups is 1. The van der Waals surface area contributed by atoms with Gasteiger partial charge in [-0.15, -0.1) is 0 Å². The van der Waals surface area contributed by atoms with Crippen LogP contribution in [0.1, 0.15) is 18.9 Å². The molecule has 0 amide bonds. The standard InChI is InChI=1S/C13H19N3O2/c1-10-8-16(7-5-12(10)15-17)9-11-4-3-6-14-13(11)18-2/h3-4,6,10,17H,5,7-9H2,1-2H3/b15-12-. The van der Waals surface area contributed by atoms with Crippen molar-refractivity contribution < 1.29 is 9.94 Å². The van der Waals surface area contributed by atoms with E-state index >= 15 is 0 Å². The van der Waals surface area contributed by atoms with Gasteiger partial charge in [0.15, 0.2) is 0 Å². The van der Waals surface area contributed by atoms with Gasteiger partial charge in [-0.25, -0.2) is 4.98 Å². The second kappa shape index (κ2) is 5.82. The molecular formula is C13H19N3O2. The molecule has 1 aliphatic heterocycles. The molecule has 0 aromatic carbocycles. The molecule has 5 heteroatoms. The number of likely N-dealkylation sites (tertiary alicyclic amines) is 1. The summed E-state index contributed by atoms with van der Waals surface area (Å²) in [4.78, 5) is 6.53. The molecular weight excluding hydrogens is 230 g/mol. The number of nitrogens with zero attached hydrogens (tertiary/aromatic N) is 3. The summed E-state index contributed by atoms with van der Waals surface area (Å²) in [5, 5.41) is 12.2. The number of rotatable bonds is 3. The van der Waals surface area contributed by atoms with Crippen LogP contribution >= 0.6 is 0 Å². The minimum absolute atomic E-state index is 0.298. The number of piperidine rings is 1. The largest absolute Gasteiger partial charge is 0.481 e. The van der Waals surface area contributed by atoms with E-state index in [0.717, 1.165) is 37.3 Å². The highest BCUT2D eigenvalue weighted by Gasteiger charge is 2.23. The molecule has 1 unspecified atom stereocenters. The summed E-state index contributed by atoms with van der Waals surface area (Å²) in [6, 6.07) is 3.96. The number of hydrogen-bond donors (Lipinski definition) is 1. The van der Waals surface area contributed by atoms with E-state index in [4.69, 9.17) is 9.94 Å². The SMILES string of the molecule is COc1ncccc1CN1CC/C(=N/O)C(C)C1. The molecule has 0 aliphatic carbocycles. The van der Waals surface area contributed by atoms with Crippen LogP contribution in [0.2, 0.25) is 0 Å². The second-order valence-corrected chi connectivity index (χ2v) is 4.65. The summed E-state index contributed by atoms with van der Waals surface area (Å²) in [6.07, 6.45) is 2.55. The van der Waals surface area contributed by atoms with Gasteiger partial charge in [0, 0.05) is 43.7 Å². The molecule has 1 aliphatic rings. The fourth-order valence-electron chi connectivity index (χ4n) is 2.36. The van der Waals surface area contributed by atoms with Crippen LogP contribution in [0.3, 0.4) is 0 Å². The molecule has 1 fully saturated rings. The van der Waals surface area contributed by atoms with Gasteiger partial charge in [-0.2, -0.15) is 0 Å². The molecule has 98 valence electrons. The number of ether oxygens (including phenoxy) is 1. The van der Waals surface area contributed by atoms with Crippen LogP contribution in [0, 0.1) is 5.92 Å². The van der Waals surface area contributed by atoms with Gasteiger partial charge < -0.3 is 9.94 Å². The van der Waals surface area contributed by atoms with Crippen LogP contribution < -0.4 is 4.74 Å². The first-order chi connectivity index (χ1) is 8.74. The maximum Gasteiger partial charge on any atom is 0.217 e. The molecule has 0 radical (unpaired) electrons. The number of aromatic nitrogens is 1. The number of pyridine rings is 1. The summed E-state index contributed by atoms with van der Waals surface area (Å²) in [5.41, 5.74) is 1.99. The van der Waals surface area contributed by atoms with E-state index in [1.165, 1.54) is 0 Å². The molecule has 2 rings (SSSR count). The van der Waals surface area contributed by atoms with Crippen LogP contribution in [0.4, 0.5) is 0 Å². The zero-order valence-electron chi connectivity index (χ0n) is 10.8. The van der Waals surface area contributed by atoms with E-state index in [2.05, 4.69) is 22.0 Å². The summed E-state index contributed by atoms with van der Waals surface area (Å²) in [6.45, 7) is 4.71. The predicted octanol–water partition coefficient (Wildman–Crippen LogP) is 1.76. The number of methoxy groups -OCH3 is 1. The average molecular weight is 249 g/mol. The van der Waals surface area contributed by atoms with Crippen molar-refractivity contribution in [2.75, 3.05) is 20.2 Å². The Morgan fingerprint density at radius 1 is 1.61 bits per heavy atom. The molecule has 1 atom stereocenters. The van der Waals surface area contributed by atoms with E-state index < -0.39 is 0 Å². The molecule has 0 spiro atoms. The van der Waals surface area contributed by atoms with E-state index in [9.17, 15) is 0 Å². The molecule has 1 aromatic rings. The van der Waals surface area contributed by atoms with Gasteiger partial charge in [-0.3, -0.25) is 4.90 Å². The van der Waals surface area contributed by atoms with Crippen molar-refractivity contribution in [3.05, 3.63) is 23.9 Å². The number of hydrogen-bond acceptors (Lipinski definition) is 5. The monoisotopic (exact) mass is 249 g/mol. The predicted molar refractivity (Wildman–Crippen MR) is 69.1 cm³/mol. The van der Waals surface area contributed by atoms with E-state index in [-0.39, 0.29) is 0 Å². The molecule has 0 bridgehead atoms. The second-order valence-electron chi connectivity index (χ2n) is 4.65. The zero-order valence-corrected chi connectivity index (χ0v) is 10.8. The molecule has 1 aromatic heterocycles.